The van der Waals surface area contributed by atoms with Gasteiger partial charge in [-0.2, -0.15) is 8.78 Å². The van der Waals surface area contributed by atoms with E-state index in [1.54, 1.807) is 12.1 Å². The fraction of sp³-hybridized carbons (Fsp3) is 0.0667. The fourth-order valence-electron chi connectivity index (χ4n) is 2.29. The molecule has 0 N–H and O–H groups in total. The number of ether oxygens (including phenoxy) is 1. The van der Waals surface area contributed by atoms with Crippen LogP contribution in [-0.4, -0.2) is 18.4 Å². The van der Waals surface area contributed by atoms with Crippen molar-refractivity contribution in [3.63, 3.8) is 0 Å². The average molecular weight is 307 g/mol. The molecule has 0 unspecified atom stereocenters. The van der Waals surface area contributed by atoms with Gasteiger partial charge in [0.05, 0.1) is 16.8 Å². The van der Waals surface area contributed by atoms with E-state index in [-0.39, 0.29) is 16.8 Å². The number of anilines is 1. The van der Waals surface area contributed by atoms with Gasteiger partial charge < -0.3 is 4.74 Å². The van der Waals surface area contributed by atoms with E-state index >= 15 is 0 Å². The zero-order chi connectivity index (χ0) is 15.9. The molecule has 0 atom stereocenters. The zero-order valence-corrected chi connectivity index (χ0v) is 10.9. The predicted molar refractivity (Wildman–Crippen MR) is 70.6 cm³/mol. The molecule has 0 aliphatic carbocycles. The largest absolute Gasteiger partial charge is 0.429 e. The Morgan fingerprint density at radius 2 is 1.50 bits per heavy atom. The number of halogens is 3. The van der Waals surface area contributed by atoms with Crippen LogP contribution in [0.1, 0.15) is 20.7 Å². The number of benzene rings is 2. The number of amides is 2. The first-order valence-electron chi connectivity index (χ1n) is 6.22. The molecule has 2 aromatic carbocycles. The topological polar surface area (TPSA) is 46.6 Å². The van der Waals surface area contributed by atoms with Gasteiger partial charge in [-0.25, -0.2) is 9.29 Å². The molecule has 1 heterocycles. The molecule has 0 saturated heterocycles. The molecule has 112 valence electrons. The standard InChI is InChI=1S/C15H8F3NO3/c16-10-6-3-7-11(12(10)22-15(17)18)19-13(20)8-4-1-2-5-9(8)14(19)21/h1-7,15H. The molecule has 7 heteroatoms. The number of alkyl halides is 2. The lowest BCUT2D eigenvalue weighted by molar-refractivity contribution is -0.0518. The number of nitrogens with zero attached hydrogens (tertiary/aromatic N) is 1. The van der Waals surface area contributed by atoms with E-state index in [1.165, 1.54) is 24.3 Å². The number of rotatable bonds is 3. The van der Waals surface area contributed by atoms with Gasteiger partial charge in [0.1, 0.15) is 0 Å². The van der Waals surface area contributed by atoms with E-state index in [9.17, 15) is 22.8 Å². The molecule has 0 saturated carbocycles. The minimum Gasteiger partial charge on any atom is -0.429 e. The minimum absolute atomic E-state index is 0.125. The summed E-state index contributed by atoms with van der Waals surface area (Å²) >= 11 is 0. The summed E-state index contributed by atoms with van der Waals surface area (Å²) < 4.78 is 42.8. The monoisotopic (exact) mass is 307 g/mol. The van der Waals surface area contributed by atoms with Crippen molar-refractivity contribution in [2.45, 2.75) is 6.61 Å². The molecule has 2 amide bonds. The van der Waals surface area contributed by atoms with Crippen molar-refractivity contribution >= 4 is 17.5 Å². The third-order valence-electron chi connectivity index (χ3n) is 3.19. The summed E-state index contributed by atoms with van der Waals surface area (Å²) in [6.07, 6.45) is 0. The molecular weight excluding hydrogens is 299 g/mol. The highest BCUT2D eigenvalue weighted by Crippen LogP contribution is 2.37. The number of para-hydroxylation sites is 1. The smallest absolute Gasteiger partial charge is 0.387 e. The van der Waals surface area contributed by atoms with Crippen LogP contribution in [0.15, 0.2) is 42.5 Å². The first-order valence-corrected chi connectivity index (χ1v) is 6.22. The van der Waals surface area contributed by atoms with Crippen LogP contribution >= 0.6 is 0 Å². The van der Waals surface area contributed by atoms with Crippen LogP contribution in [0.25, 0.3) is 0 Å². The van der Waals surface area contributed by atoms with Crippen molar-refractivity contribution in [3.05, 3.63) is 59.4 Å². The van der Waals surface area contributed by atoms with Crippen molar-refractivity contribution in [1.82, 2.24) is 0 Å². The molecule has 0 radical (unpaired) electrons. The van der Waals surface area contributed by atoms with E-state index < -0.39 is 30.0 Å². The van der Waals surface area contributed by atoms with Crippen LogP contribution in [0, 0.1) is 5.82 Å². The van der Waals surface area contributed by atoms with Crippen LogP contribution in [0.4, 0.5) is 18.9 Å². The van der Waals surface area contributed by atoms with E-state index in [4.69, 9.17) is 0 Å². The van der Waals surface area contributed by atoms with E-state index in [2.05, 4.69) is 4.74 Å². The summed E-state index contributed by atoms with van der Waals surface area (Å²) in [5, 5.41) is 0. The molecule has 1 aliphatic heterocycles. The van der Waals surface area contributed by atoms with Crippen molar-refractivity contribution in [1.29, 1.82) is 0 Å². The van der Waals surface area contributed by atoms with Crippen LogP contribution < -0.4 is 9.64 Å². The second-order valence-corrected chi connectivity index (χ2v) is 4.46. The predicted octanol–water partition coefficient (Wildman–Crippen LogP) is 3.23. The lowest BCUT2D eigenvalue weighted by Gasteiger charge is -2.18. The Morgan fingerprint density at radius 1 is 0.909 bits per heavy atom. The summed E-state index contributed by atoms with van der Waals surface area (Å²) in [6.45, 7) is -3.29. The highest BCUT2D eigenvalue weighted by atomic mass is 19.3. The quantitative estimate of drug-likeness (QED) is 0.818. The lowest BCUT2D eigenvalue weighted by Crippen LogP contribution is -2.30. The second kappa shape index (κ2) is 5.18. The normalized spacial score (nSPS) is 13.7. The van der Waals surface area contributed by atoms with Crippen LogP contribution in [0.3, 0.4) is 0 Å². The Labute approximate surface area is 122 Å². The van der Waals surface area contributed by atoms with Crippen molar-refractivity contribution in [3.8, 4) is 5.75 Å². The molecule has 1 aliphatic rings. The van der Waals surface area contributed by atoms with E-state index in [1.807, 2.05) is 0 Å². The van der Waals surface area contributed by atoms with Crippen molar-refractivity contribution in [2.24, 2.45) is 0 Å². The molecule has 0 aromatic heterocycles. The summed E-state index contributed by atoms with van der Waals surface area (Å²) in [7, 11) is 0. The van der Waals surface area contributed by atoms with Gasteiger partial charge in [-0.15, -0.1) is 0 Å². The molecule has 0 fully saturated rings. The Morgan fingerprint density at radius 3 is 2.05 bits per heavy atom. The van der Waals surface area contributed by atoms with Gasteiger partial charge in [-0.3, -0.25) is 9.59 Å². The molecule has 3 rings (SSSR count). The number of fused-ring (bicyclic) bond motifs is 1. The van der Waals surface area contributed by atoms with Gasteiger partial charge in [0.2, 0.25) is 0 Å². The number of carbonyl (C=O) groups excluding carboxylic acids is 2. The molecule has 22 heavy (non-hydrogen) atoms. The maximum absolute atomic E-state index is 13.7. The van der Waals surface area contributed by atoms with E-state index in [0.29, 0.717) is 4.90 Å². The Kier molecular flexibility index (Phi) is 3.32. The molecule has 4 nitrogen and oxygen atoms in total. The number of carbonyl (C=O) groups is 2. The highest BCUT2D eigenvalue weighted by molar-refractivity contribution is 6.34. The van der Waals surface area contributed by atoms with Crippen molar-refractivity contribution < 1.29 is 27.5 Å². The Hall–Kier alpha value is -2.83. The van der Waals surface area contributed by atoms with Gasteiger partial charge in [0, 0.05) is 0 Å². The average Bonchev–Trinajstić information content (AvgIpc) is 2.74. The Bertz CT molecular complexity index is 741. The van der Waals surface area contributed by atoms with Gasteiger partial charge in [0.25, 0.3) is 11.8 Å². The second-order valence-electron chi connectivity index (χ2n) is 4.46. The maximum atomic E-state index is 13.7. The first-order chi connectivity index (χ1) is 10.5. The molecule has 0 spiro atoms. The summed E-state index contributed by atoms with van der Waals surface area (Å²) in [5.41, 5.74) is -0.106. The number of imide groups is 1. The fourth-order valence-corrected chi connectivity index (χ4v) is 2.29. The Balaban J connectivity index is 2.12. The summed E-state index contributed by atoms with van der Waals surface area (Å²) in [5.74, 6) is -3.36. The minimum atomic E-state index is -3.29. The number of hydrogen-bond donors (Lipinski definition) is 0. The van der Waals surface area contributed by atoms with Gasteiger partial charge in [-0.05, 0) is 24.3 Å². The highest BCUT2D eigenvalue weighted by Gasteiger charge is 2.38. The molecule has 2 aromatic rings. The summed E-state index contributed by atoms with van der Waals surface area (Å²) in [6, 6.07) is 9.27. The molecular formula is C15H8F3NO3. The summed E-state index contributed by atoms with van der Waals surface area (Å²) in [4.78, 5) is 25.2. The number of hydrogen-bond acceptors (Lipinski definition) is 3. The third kappa shape index (κ3) is 2.11. The van der Waals surface area contributed by atoms with E-state index in [0.717, 1.165) is 6.07 Å². The van der Waals surface area contributed by atoms with Gasteiger partial charge in [0.15, 0.2) is 11.6 Å². The first kappa shape index (κ1) is 14.1. The van der Waals surface area contributed by atoms with Crippen molar-refractivity contribution in [2.75, 3.05) is 4.90 Å². The molecule has 0 bridgehead atoms. The van der Waals surface area contributed by atoms with Gasteiger partial charge in [-0.1, -0.05) is 18.2 Å². The third-order valence-corrected chi connectivity index (χ3v) is 3.19. The van der Waals surface area contributed by atoms with Crippen LogP contribution in [0.2, 0.25) is 0 Å². The lowest BCUT2D eigenvalue weighted by atomic mass is 10.1. The van der Waals surface area contributed by atoms with Gasteiger partial charge >= 0.3 is 6.61 Å². The zero-order valence-electron chi connectivity index (χ0n) is 10.9. The SMILES string of the molecule is O=C1c2ccccc2C(=O)N1c1cccc(F)c1OC(F)F. The maximum Gasteiger partial charge on any atom is 0.387 e. The van der Waals surface area contributed by atoms with Crippen LogP contribution in [-0.2, 0) is 0 Å². The van der Waals surface area contributed by atoms with Crippen LogP contribution in [0.5, 0.6) is 5.75 Å².